The van der Waals surface area contributed by atoms with Gasteiger partial charge in [0.25, 0.3) is 0 Å². The zero-order valence-electron chi connectivity index (χ0n) is 11.8. The standard InChI is InChI=1S/C15H16BrN3O2/c1-3-17-13-5-4-6-14(15(13)19(20)21)18-12-8-10(2)7-11(16)9-12/h4-9,17-18H,3H2,1-2H3. The third kappa shape index (κ3) is 3.72. The van der Waals surface area contributed by atoms with Gasteiger partial charge in [-0.3, -0.25) is 10.1 Å². The third-order valence-electron chi connectivity index (χ3n) is 2.91. The zero-order valence-corrected chi connectivity index (χ0v) is 13.4. The Morgan fingerprint density at radius 2 is 1.95 bits per heavy atom. The lowest BCUT2D eigenvalue weighted by Gasteiger charge is -2.11. The lowest BCUT2D eigenvalue weighted by molar-refractivity contribution is -0.383. The minimum Gasteiger partial charge on any atom is -0.380 e. The van der Waals surface area contributed by atoms with Gasteiger partial charge in [-0.25, -0.2) is 0 Å². The van der Waals surface area contributed by atoms with Crippen LogP contribution in [0.3, 0.4) is 0 Å². The van der Waals surface area contributed by atoms with E-state index in [9.17, 15) is 10.1 Å². The lowest BCUT2D eigenvalue weighted by atomic mass is 10.2. The molecule has 6 heteroatoms. The van der Waals surface area contributed by atoms with E-state index in [2.05, 4.69) is 26.6 Å². The maximum Gasteiger partial charge on any atom is 0.315 e. The van der Waals surface area contributed by atoms with E-state index in [4.69, 9.17) is 0 Å². The van der Waals surface area contributed by atoms with Crippen LogP contribution in [0.25, 0.3) is 0 Å². The fourth-order valence-electron chi connectivity index (χ4n) is 2.14. The van der Waals surface area contributed by atoms with Gasteiger partial charge < -0.3 is 10.6 Å². The van der Waals surface area contributed by atoms with Crippen molar-refractivity contribution in [2.75, 3.05) is 17.2 Å². The Bertz CT molecular complexity index is 654. The number of nitrogens with zero attached hydrogens (tertiary/aromatic N) is 1. The molecule has 2 N–H and O–H groups in total. The highest BCUT2D eigenvalue weighted by Crippen LogP contribution is 2.35. The van der Waals surface area contributed by atoms with Crippen molar-refractivity contribution in [1.29, 1.82) is 0 Å². The SMILES string of the molecule is CCNc1cccc(Nc2cc(C)cc(Br)c2)c1[N+](=O)[O-]. The van der Waals surface area contributed by atoms with Crippen LogP contribution in [0.1, 0.15) is 12.5 Å². The van der Waals surface area contributed by atoms with Crippen molar-refractivity contribution in [1.82, 2.24) is 0 Å². The molecule has 0 fully saturated rings. The average molecular weight is 350 g/mol. The molecule has 0 saturated carbocycles. The highest BCUT2D eigenvalue weighted by molar-refractivity contribution is 9.10. The Labute approximate surface area is 131 Å². The van der Waals surface area contributed by atoms with Crippen molar-refractivity contribution in [3.05, 3.63) is 56.5 Å². The van der Waals surface area contributed by atoms with E-state index < -0.39 is 0 Å². The summed E-state index contributed by atoms with van der Waals surface area (Å²) in [6, 6.07) is 11.0. The van der Waals surface area contributed by atoms with Gasteiger partial charge in [-0.2, -0.15) is 0 Å². The number of nitrogens with one attached hydrogen (secondary N) is 2. The van der Waals surface area contributed by atoms with Gasteiger partial charge in [0.2, 0.25) is 0 Å². The largest absolute Gasteiger partial charge is 0.380 e. The van der Waals surface area contributed by atoms with E-state index in [1.165, 1.54) is 0 Å². The number of halogens is 1. The summed E-state index contributed by atoms with van der Waals surface area (Å²) in [7, 11) is 0. The van der Waals surface area contributed by atoms with Crippen LogP contribution < -0.4 is 10.6 Å². The molecule has 5 nitrogen and oxygen atoms in total. The van der Waals surface area contributed by atoms with Crippen LogP contribution in [-0.4, -0.2) is 11.5 Å². The summed E-state index contributed by atoms with van der Waals surface area (Å²) in [5.74, 6) is 0. The molecule has 0 aliphatic heterocycles. The van der Waals surface area contributed by atoms with Crippen LogP contribution in [0, 0.1) is 17.0 Å². The molecule has 0 aliphatic carbocycles. The molecule has 21 heavy (non-hydrogen) atoms. The number of anilines is 3. The molecule has 0 unspecified atom stereocenters. The normalized spacial score (nSPS) is 10.2. The summed E-state index contributed by atoms with van der Waals surface area (Å²) >= 11 is 3.43. The number of nitro benzene ring substituents is 1. The monoisotopic (exact) mass is 349 g/mol. The molecule has 2 aromatic rings. The smallest absolute Gasteiger partial charge is 0.315 e. The number of hydrogen-bond donors (Lipinski definition) is 2. The number of nitro groups is 1. The quantitative estimate of drug-likeness (QED) is 0.598. The summed E-state index contributed by atoms with van der Waals surface area (Å²) in [5, 5.41) is 17.5. The highest BCUT2D eigenvalue weighted by Gasteiger charge is 2.19. The molecule has 0 atom stereocenters. The van der Waals surface area contributed by atoms with Gasteiger partial charge >= 0.3 is 5.69 Å². The van der Waals surface area contributed by atoms with E-state index in [0.717, 1.165) is 15.7 Å². The summed E-state index contributed by atoms with van der Waals surface area (Å²) < 4.78 is 0.926. The molecular formula is C15H16BrN3O2. The molecule has 2 aromatic carbocycles. The van der Waals surface area contributed by atoms with Crippen LogP contribution >= 0.6 is 15.9 Å². The van der Waals surface area contributed by atoms with Crippen molar-refractivity contribution >= 4 is 38.7 Å². The van der Waals surface area contributed by atoms with Crippen molar-refractivity contribution in [3.8, 4) is 0 Å². The van der Waals surface area contributed by atoms with Gasteiger partial charge in [0, 0.05) is 16.7 Å². The zero-order chi connectivity index (χ0) is 15.4. The van der Waals surface area contributed by atoms with E-state index in [0.29, 0.717) is 17.9 Å². The number of aryl methyl sites for hydroxylation is 1. The Kier molecular flexibility index (Phi) is 4.80. The topological polar surface area (TPSA) is 67.2 Å². The second kappa shape index (κ2) is 6.58. The predicted molar refractivity (Wildman–Crippen MR) is 89.4 cm³/mol. The predicted octanol–water partition coefficient (Wildman–Crippen LogP) is 4.84. The van der Waals surface area contributed by atoms with Crippen LogP contribution in [-0.2, 0) is 0 Å². The van der Waals surface area contributed by atoms with Gasteiger partial charge in [0.1, 0.15) is 11.4 Å². The molecule has 0 radical (unpaired) electrons. The molecule has 110 valence electrons. The average Bonchev–Trinajstić information content (AvgIpc) is 2.37. The van der Waals surface area contributed by atoms with E-state index in [1.807, 2.05) is 32.0 Å². The highest BCUT2D eigenvalue weighted by atomic mass is 79.9. The number of hydrogen-bond acceptors (Lipinski definition) is 4. The summed E-state index contributed by atoms with van der Waals surface area (Å²) in [6.07, 6.45) is 0. The van der Waals surface area contributed by atoms with Crippen molar-refractivity contribution < 1.29 is 4.92 Å². The van der Waals surface area contributed by atoms with Gasteiger partial charge in [-0.15, -0.1) is 0 Å². The van der Waals surface area contributed by atoms with Crippen LogP contribution in [0.2, 0.25) is 0 Å². The van der Waals surface area contributed by atoms with Gasteiger partial charge in [-0.05, 0) is 49.7 Å². The molecule has 0 amide bonds. The van der Waals surface area contributed by atoms with Crippen molar-refractivity contribution in [2.24, 2.45) is 0 Å². The van der Waals surface area contributed by atoms with Gasteiger partial charge in [0.05, 0.1) is 4.92 Å². The molecule has 0 aliphatic rings. The summed E-state index contributed by atoms with van der Waals surface area (Å²) in [5.41, 5.74) is 2.91. The fraction of sp³-hybridized carbons (Fsp3) is 0.200. The first-order valence-corrected chi connectivity index (χ1v) is 7.36. The lowest BCUT2D eigenvalue weighted by Crippen LogP contribution is -2.04. The molecule has 0 spiro atoms. The molecule has 0 aromatic heterocycles. The van der Waals surface area contributed by atoms with Gasteiger partial charge in [-0.1, -0.05) is 22.0 Å². The minimum absolute atomic E-state index is 0.0528. The van der Waals surface area contributed by atoms with Crippen LogP contribution in [0.5, 0.6) is 0 Å². The minimum atomic E-state index is -0.370. The van der Waals surface area contributed by atoms with Crippen molar-refractivity contribution in [2.45, 2.75) is 13.8 Å². The molecule has 0 bridgehead atoms. The maximum absolute atomic E-state index is 11.4. The third-order valence-corrected chi connectivity index (χ3v) is 3.36. The summed E-state index contributed by atoms with van der Waals surface area (Å²) in [4.78, 5) is 11.0. The Balaban J connectivity index is 2.43. The van der Waals surface area contributed by atoms with Gasteiger partial charge in [0.15, 0.2) is 0 Å². The first-order chi connectivity index (χ1) is 10.0. The second-order valence-electron chi connectivity index (χ2n) is 4.63. The Hall–Kier alpha value is -2.08. The number of rotatable bonds is 5. The first kappa shape index (κ1) is 15.3. The van der Waals surface area contributed by atoms with E-state index in [1.54, 1.807) is 18.2 Å². The fourth-order valence-corrected chi connectivity index (χ4v) is 2.75. The maximum atomic E-state index is 11.4. The van der Waals surface area contributed by atoms with Crippen molar-refractivity contribution in [3.63, 3.8) is 0 Å². The second-order valence-corrected chi connectivity index (χ2v) is 5.55. The van der Waals surface area contributed by atoms with E-state index >= 15 is 0 Å². The molecular weight excluding hydrogens is 334 g/mol. The number of para-hydroxylation sites is 1. The van der Waals surface area contributed by atoms with Crippen LogP contribution in [0.15, 0.2) is 40.9 Å². The van der Waals surface area contributed by atoms with E-state index in [-0.39, 0.29) is 10.6 Å². The first-order valence-electron chi connectivity index (χ1n) is 6.56. The Morgan fingerprint density at radius 3 is 2.57 bits per heavy atom. The molecule has 0 heterocycles. The number of benzene rings is 2. The summed E-state index contributed by atoms with van der Waals surface area (Å²) in [6.45, 7) is 4.50. The Morgan fingerprint density at radius 1 is 1.24 bits per heavy atom. The van der Waals surface area contributed by atoms with Crippen LogP contribution in [0.4, 0.5) is 22.7 Å². The molecule has 2 rings (SSSR count). The molecule has 0 saturated heterocycles.